The molecule has 0 saturated heterocycles. The molecule has 0 bridgehead atoms. The van der Waals surface area contributed by atoms with E-state index in [1.165, 1.54) is 6.07 Å². The van der Waals surface area contributed by atoms with Gasteiger partial charge in [-0.05, 0) is 41.5 Å². The van der Waals surface area contributed by atoms with Crippen molar-refractivity contribution in [3.05, 3.63) is 36.0 Å². The lowest BCUT2D eigenvalue weighted by molar-refractivity contribution is 0.186. The number of sulfonamides is 1. The third-order valence-electron chi connectivity index (χ3n) is 4.15. The summed E-state index contributed by atoms with van der Waals surface area (Å²) in [5.41, 5.74) is 13.3. The van der Waals surface area contributed by atoms with Crippen molar-refractivity contribution >= 4 is 15.8 Å². The fourth-order valence-electron chi connectivity index (χ4n) is 2.71. The number of rotatable bonds is 7. The number of aromatic amines is 1. The lowest BCUT2D eigenvalue weighted by Crippen LogP contribution is -2.36. The van der Waals surface area contributed by atoms with Crippen LogP contribution < -0.4 is 16.2 Å². The summed E-state index contributed by atoms with van der Waals surface area (Å²) < 4.78 is 27.8. The van der Waals surface area contributed by atoms with Crippen molar-refractivity contribution in [2.24, 2.45) is 5.73 Å². The number of nitrogens with one attached hydrogen (secondary N) is 2. The second-order valence-electron chi connectivity index (χ2n) is 6.06. The predicted octanol–water partition coefficient (Wildman–Crippen LogP) is -0.583. The molecule has 2 heterocycles. The molecule has 0 aliphatic heterocycles. The minimum atomic E-state index is -3.90. The molecule has 0 unspecified atom stereocenters. The molecule has 0 aliphatic carbocycles. The topological polar surface area (TPSA) is 186 Å². The Bertz CT molecular complexity index is 1050. The SMILES string of the molecule is Cc1c(S(=O)(=O)NC[C@H](O)CN)ccc(-c2ccc(N)nc2)c1-c1nn[nH]n1. The molecule has 148 valence electrons. The highest BCUT2D eigenvalue weighted by atomic mass is 32.2. The number of H-pyrrole nitrogens is 1. The first-order valence-corrected chi connectivity index (χ1v) is 9.79. The second kappa shape index (κ2) is 7.98. The third-order valence-corrected chi connectivity index (χ3v) is 5.72. The van der Waals surface area contributed by atoms with Gasteiger partial charge in [-0.15, -0.1) is 10.2 Å². The van der Waals surface area contributed by atoms with Crippen LogP contribution in [0.5, 0.6) is 0 Å². The Balaban J connectivity index is 2.13. The van der Waals surface area contributed by atoms with Crippen molar-refractivity contribution in [3.8, 4) is 22.5 Å². The van der Waals surface area contributed by atoms with Crippen LogP contribution in [0.2, 0.25) is 0 Å². The van der Waals surface area contributed by atoms with Crippen LogP contribution >= 0.6 is 0 Å². The van der Waals surface area contributed by atoms with E-state index in [1.54, 1.807) is 31.3 Å². The number of hydrogen-bond acceptors (Lipinski definition) is 9. The second-order valence-corrected chi connectivity index (χ2v) is 7.80. The average Bonchev–Trinajstić information content (AvgIpc) is 3.20. The number of tetrazole rings is 1. The molecule has 0 aliphatic rings. The summed E-state index contributed by atoms with van der Waals surface area (Å²) in [5.74, 6) is 0.604. The number of aliphatic hydroxyl groups excluding tert-OH is 1. The van der Waals surface area contributed by atoms with Gasteiger partial charge in [-0.3, -0.25) is 0 Å². The van der Waals surface area contributed by atoms with E-state index in [-0.39, 0.29) is 23.8 Å². The van der Waals surface area contributed by atoms with E-state index in [0.29, 0.717) is 28.1 Å². The van der Waals surface area contributed by atoms with Gasteiger partial charge in [0.15, 0.2) is 0 Å². The maximum Gasteiger partial charge on any atom is 0.240 e. The van der Waals surface area contributed by atoms with Crippen LogP contribution in [0, 0.1) is 6.92 Å². The summed E-state index contributed by atoms with van der Waals surface area (Å²) in [4.78, 5) is 4.11. The van der Waals surface area contributed by atoms with Crippen LogP contribution in [0.25, 0.3) is 22.5 Å². The van der Waals surface area contributed by atoms with E-state index in [2.05, 4.69) is 30.3 Å². The number of aliphatic hydroxyl groups is 1. The maximum atomic E-state index is 12.7. The van der Waals surface area contributed by atoms with E-state index in [0.717, 1.165) is 0 Å². The Labute approximate surface area is 161 Å². The summed E-state index contributed by atoms with van der Waals surface area (Å²) in [7, 11) is -3.90. The third kappa shape index (κ3) is 3.99. The summed E-state index contributed by atoms with van der Waals surface area (Å²) in [6, 6.07) is 6.53. The van der Waals surface area contributed by atoms with Crippen LogP contribution in [0.1, 0.15) is 5.56 Å². The first-order chi connectivity index (χ1) is 13.3. The zero-order chi connectivity index (χ0) is 20.3. The van der Waals surface area contributed by atoms with Crippen LogP contribution in [-0.4, -0.2) is 58.3 Å². The van der Waals surface area contributed by atoms with Gasteiger partial charge in [0.2, 0.25) is 15.8 Å². The van der Waals surface area contributed by atoms with Gasteiger partial charge in [0.25, 0.3) is 0 Å². The fourth-order valence-corrected chi connectivity index (χ4v) is 4.03. The number of benzene rings is 1. The number of aromatic nitrogens is 5. The van der Waals surface area contributed by atoms with Crippen molar-refractivity contribution < 1.29 is 13.5 Å². The Morgan fingerprint density at radius 3 is 2.68 bits per heavy atom. The van der Waals surface area contributed by atoms with Gasteiger partial charge in [0, 0.05) is 30.4 Å². The molecule has 0 fully saturated rings. The quantitative estimate of drug-likeness (QED) is 0.343. The zero-order valence-corrected chi connectivity index (χ0v) is 15.8. The standard InChI is InChI=1S/C16H20N8O3S/c1-9-13(28(26,27)20-8-11(25)6-17)4-3-12(10-2-5-14(18)19-7-10)15(9)16-21-23-24-22-16/h2-5,7,11,20,25H,6,8,17H2,1H3,(H2,18,19)(H,21,22,23,24)/t11-/m1/s1. The molecular weight excluding hydrogens is 384 g/mol. The van der Waals surface area contributed by atoms with Crippen molar-refractivity contribution in [1.82, 2.24) is 30.3 Å². The highest BCUT2D eigenvalue weighted by Crippen LogP contribution is 2.35. The highest BCUT2D eigenvalue weighted by Gasteiger charge is 2.24. The normalized spacial score (nSPS) is 12.8. The van der Waals surface area contributed by atoms with Gasteiger partial charge in [-0.25, -0.2) is 18.1 Å². The molecule has 0 radical (unpaired) electrons. The fraction of sp³-hybridized carbons (Fsp3) is 0.250. The predicted molar refractivity (Wildman–Crippen MR) is 102 cm³/mol. The lowest BCUT2D eigenvalue weighted by atomic mass is 9.96. The summed E-state index contributed by atoms with van der Waals surface area (Å²) in [6.45, 7) is 1.39. The monoisotopic (exact) mass is 404 g/mol. The van der Waals surface area contributed by atoms with Crippen molar-refractivity contribution in [2.45, 2.75) is 17.9 Å². The largest absolute Gasteiger partial charge is 0.390 e. The molecule has 11 nitrogen and oxygen atoms in total. The highest BCUT2D eigenvalue weighted by molar-refractivity contribution is 7.89. The van der Waals surface area contributed by atoms with Crippen LogP contribution in [-0.2, 0) is 10.0 Å². The molecule has 3 aromatic rings. The molecule has 2 aromatic heterocycles. The molecule has 12 heteroatoms. The van der Waals surface area contributed by atoms with Crippen LogP contribution in [0.4, 0.5) is 5.82 Å². The van der Waals surface area contributed by atoms with Gasteiger partial charge in [-0.1, -0.05) is 6.07 Å². The number of pyridine rings is 1. The Morgan fingerprint density at radius 1 is 1.29 bits per heavy atom. The smallest absolute Gasteiger partial charge is 0.240 e. The van der Waals surface area contributed by atoms with Gasteiger partial charge < -0.3 is 16.6 Å². The number of nitrogen functional groups attached to an aromatic ring is 1. The first kappa shape index (κ1) is 19.8. The molecule has 1 aromatic carbocycles. The Morgan fingerprint density at radius 2 is 2.07 bits per heavy atom. The number of nitrogens with zero attached hydrogens (tertiary/aromatic N) is 4. The van der Waals surface area contributed by atoms with E-state index < -0.39 is 16.1 Å². The van der Waals surface area contributed by atoms with E-state index >= 15 is 0 Å². The number of nitrogens with two attached hydrogens (primary N) is 2. The molecule has 0 saturated carbocycles. The minimum Gasteiger partial charge on any atom is -0.390 e. The minimum absolute atomic E-state index is 0.0312. The molecule has 3 rings (SSSR count). The summed E-state index contributed by atoms with van der Waals surface area (Å²) in [5, 5.41) is 23.5. The van der Waals surface area contributed by atoms with E-state index in [9.17, 15) is 13.5 Å². The summed E-state index contributed by atoms with van der Waals surface area (Å²) in [6.07, 6.45) is 0.601. The van der Waals surface area contributed by atoms with Crippen molar-refractivity contribution in [2.75, 3.05) is 18.8 Å². The Hall–Kier alpha value is -2.93. The number of anilines is 1. The lowest BCUT2D eigenvalue weighted by Gasteiger charge is -2.16. The van der Waals surface area contributed by atoms with Crippen LogP contribution in [0.3, 0.4) is 0 Å². The van der Waals surface area contributed by atoms with Gasteiger partial charge in [0.1, 0.15) is 5.82 Å². The molecule has 1 atom stereocenters. The van der Waals surface area contributed by atoms with Crippen molar-refractivity contribution in [3.63, 3.8) is 0 Å². The first-order valence-electron chi connectivity index (χ1n) is 8.30. The molecular formula is C16H20N8O3S. The number of hydrogen-bond donors (Lipinski definition) is 5. The molecule has 7 N–H and O–H groups in total. The van der Waals surface area contributed by atoms with Gasteiger partial charge >= 0.3 is 0 Å². The van der Waals surface area contributed by atoms with E-state index in [4.69, 9.17) is 11.5 Å². The average molecular weight is 404 g/mol. The molecule has 0 amide bonds. The van der Waals surface area contributed by atoms with Gasteiger partial charge in [-0.2, -0.15) is 5.21 Å². The summed E-state index contributed by atoms with van der Waals surface area (Å²) >= 11 is 0. The maximum absolute atomic E-state index is 12.7. The molecule has 28 heavy (non-hydrogen) atoms. The molecule has 0 spiro atoms. The Kier molecular flexibility index (Phi) is 5.65. The van der Waals surface area contributed by atoms with E-state index in [1.807, 2.05) is 0 Å². The van der Waals surface area contributed by atoms with Crippen LogP contribution in [0.15, 0.2) is 35.4 Å². The zero-order valence-electron chi connectivity index (χ0n) is 15.0. The van der Waals surface area contributed by atoms with Gasteiger partial charge in [0.05, 0.1) is 11.0 Å². The van der Waals surface area contributed by atoms with Crippen molar-refractivity contribution in [1.29, 1.82) is 0 Å².